The van der Waals surface area contributed by atoms with Crippen LogP contribution >= 0.6 is 12.4 Å². The second-order valence-electron chi connectivity index (χ2n) is 5.93. The van der Waals surface area contributed by atoms with E-state index in [1.807, 2.05) is 0 Å². The molecule has 1 heterocycles. The van der Waals surface area contributed by atoms with Gasteiger partial charge in [-0.2, -0.15) is 13.2 Å². The first-order valence-corrected chi connectivity index (χ1v) is 7.62. The van der Waals surface area contributed by atoms with Gasteiger partial charge >= 0.3 is 11.9 Å². The number of halogens is 4. The Kier molecular flexibility index (Phi) is 5.79. The maximum absolute atomic E-state index is 13.2. The Labute approximate surface area is 147 Å². The van der Waals surface area contributed by atoms with Crippen LogP contribution in [0.2, 0.25) is 0 Å². The molecule has 0 radical (unpaired) electrons. The minimum atomic E-state index is -4.49. The quantitative estimate of drug-likeness (QED) is 0.762. The van der Waals surface area contributed by atoms with Gasteiger partial charge in [-0.05, 0) is 43.9 Å². The number of nitrogens with zero attached hydrogens (tertiary/aromatic N) is 1. The number of nitrogens with one attached hydrogen (secondary N) is 2. The van der Waals surface area contributed by atoms with Gasteiger partial charge in [-0.25, -0.2) is 9.89 Å². The molecule has 0 saturated heterocycles. The number of benzene rings is 1. The molecule has 0 unspecified atom stereocenters. The number of nitrogens with two attached hydrogens (primary N) is 1. The lowest BCUT2D eigenvalue weighted by atomic mass is 9.91. The Bertz CT molecular complexity index is 767. The summed E-state index contributed by atoms with van der Waals surface area (Å²) in [7, 11) is 0. The Morgan fingerprint density at radius 2 is 1.92 bits per heavy atom. The van der Waals surface area contributed by atoms with Crippen LogP contribution in [0.4, 0.5) is 18.9 Å². The number of anilines is 1. The van der Waals surface area contributed by atoms with Crippen molar-refractivity contribution in [2.45, 2.75) is 43.9 Å². The molecular weight excluding hydrogens is 361 g/mol. The molecule has 2 aromatic rings. The van der Waals surface area contributed by atoms with E-state index in [0.29, 0.717) is 12.8 Å². The zero-order valence-electron chi connectivity index (χ0n) is 13.1. The summed E-state index contributed by atoms with van der Waals surface area (Å²) < 4.78 is 44.5. The third-order valence-electron chi connectivity index (χ3n) is 4.14. The van der Waals surface area contributed by atoms with Gasteiger partial charge in [0.15, 0.2) is 0 Å². The lowest BCUT2D eigenvalue weighted by Gasteiger charge is -2.28. The fourth-order valence-corrected chi connectivity index (χ4v) is 2.88. The standard InChI is InChI=1S/C15H17F3N4O2.ClH/c16-15(17,18)11-6-1-8(13-21-22-14(23)24-13)7-12(11)20-10-4-2-9(19)3-5-10;/h1,6-7,9-10,20H,2-5,19H2,(H,22,23);1H/t9-,10-;. The molecule has 0 aliphatic heterocycles. The topological polar surface area (TPSA) is 96.9 Å². The summed E-state index contributed by atoms with van der Waals surface area (Å²) in [5, 5.41) is 8.70. The molecule has 1 aliphatic carbocycles. The lowest BCUT2D eigenvalue weighted by Crippen LogP contribution is -2.33. The number of rotatable bonds is 3. The van der Waals surface area contributed by atoms with Crippen LogP contribution in [0.15, 0.2) is 27.4 Å². The molecule has 1 aromatic carbocycles. The molecule has 4 N–H and O–H groups in total. The van der Waals surface area contributed by atoms with E-state index in [4.69, 9.17) is 10.2 Å². The third-order valence-corrected chi connectivity index (χ3v) is 4.14. The van der Waals surface area contributed by atoms with Crippen molar-refractivity contribution in [3.63, 3.8) is 0 Å². The summed E-state index contributed by atoms with van der Waals surface area (Å²) in [6, 6.07) is 3.52. The zero-order valence-corrected chi connectivity index (χ0v) is 13.9. The average Bonchev–Trinajstić information content (AvgIpc) is 2.95. The number of aromatic amines is 1. The molecule has 138 valence electrons. The molecule has 3 rings (SSSR count). The van der Waals surface area contributed by atoms with Gasteiger partial charge < -0.3 is 15.5 Å². The van der Waals surface area contributed by atoms with Crippen molar-refractivity contribution in [1.29, 1.82) is 0 Å². The monoisotopic (exact) mass is 378 g/mol. The highest BCUT2D eigenvalue weighted by molar-refractivity contribution is 5.85. The van der Waals surface area contributed by atoms with E-state index >= 15 is 0 Å². The average molecular weight is 379 g/mol. The maximum Gasteiger partial charge on any atom is 0.434 e. The molecule has 0 spiro atoms. The van der Waals surface area contributed by atoms with Crippen molar-refractivity contribution in [3.05, 3.63) is 34.3 Å². The molecule has 6 nitrogen and oxygen atoms in total. The van der Waals surface area contributed by atoms with Crippen LogP contribution in [0, 0.1) is 0 Å². The number of alkyl halides is 3. The van der Waals surface area contributed by atoms with E-state index in [2.05, 4.69) is 15.5 Å². The molecule has 0 bridgehead atoms. The van der Waals surface area contributed by atoms with Gasteiger partial charge in [0.1, 0.15) is 0 Å². The summed E-state index contributed by atoms with van der Waals surface area (Å²) in [4.78, 5) is 11.0. The minimum Gasteiger partial charge on any atom is -0.388 e. The maximum atomic E-state index is 13.2. The molecule has 10 heteroatoms. The highest BCUT2D eigenvalue weighted by Gasteiger charge is 2.34. The van der Waals surface area contributed by atoms with E-state index in [9.17, 15) is 18.0 Å². The van der Waals surface area contributed by atoms with E-state index in [-0.39, 0.29) is 41.6 Å². The summed E-state index contributed by atoms with van der Waals surface area (Å²) in [6.07, 6.45) is -1.53. The van der Waals surface area contributed by atoms with E-state index in [1.165, 1.54) is 12.1 Å². The summed E-state index contributed by atoms with van der Waals surface area (Å²) in [5.74, 6) is -0.817. The fraction of sp³-hybridized carbons (Fsp3) is 0.467. The molecule has 1 aromatic heterocycles. The minimum absolute atomic E-state index is 0. The van der Waals surface area contributed by atoms with E-state index in [1.54, 1.807) is 0 Å². The van der Waals surface area contributed by atoms with Crippen LogP contribution in [-0.2, 0) is 6.18 Å². The molecule has 1 fully saturated rings. The second-order valence-corrected chi connectivity index (χ2v) is 5.93. The SMILES string of the molecule is Cl.N[C@H]1CC[C@H](Nc2cc(-c3n[nH]c(=O)o3)ccc2C(F)(F)F)CC1. The number of hydrogen-bond acceptors (Lipinski definition) is 5. The van der Waals surface area contributed by atoms with Gasteiger partial charge in [-0.3, -0.25) is 0 Å². The van der Waals surface area contributed by atoms with Crippen LogP contribution in [-0.4, -0.2) is 22.3 Å². The first-order chi connectivity index (χ1) is 11.3. The summed E-state index contributed by atoms with van der Waals surface area (Å²) in [5.41, 5.74) is 5.30. The normalized spacial score (nSPS) is 20.8. The lowest BCUT2D eigenvalue weighted by molar-refractivity contribution is -0.137. The van der Waals surface area contributed by atoms with Gasteiger partial charge in [-0.15, -0.1) is 17.5 Å². The zero-order chi connectivity index (χ0) is 17.3. The Hall–Kier alpha value is -2.00. The smallest absolute Gasteiger partial charge is 0.388 e. The molecule has 0 amide bonds. The predicted octanol–water partition coefficient (Wildman–Crippen LogP) is 3.15. The van der Waals surface area contributed by atoms with E-state index in [0.717, 1.165) is 18.9 Å². The van der Waals surface area contributed by atoms with Gasteiger partial charge in [0, 0.05) is 23.3 Å². The van der Waals surface area contributed by atoms with Crippen LogP contribution in [0.25, 0.3) is 11.5 Å². The second kappa shape index (κ2) is 7.49. The van der Waals surface area contributed by atoms with Crippen molar-refractivity contribution in [2.75, 3.05) is 5.32 Å². The van der Waals surface area contributed by atoms with Crippen LogP contribution in [0.1, 0.15) is 31.2 Å². The highest BCUT2D eigenvalue weighted by Crippen LogP contribution is 2.38. The van der Waals surface area contributed by atoms with E-state index < -0.39 is 17.5 Å². The Morgan fingerprint density at radius 3 is 2.48 bits per heavy atom. The van der Waals surface area contributed by atoms with Crippen LogP contribution < -0.4 is 16.8 Å². The van der Waals surface area contributed by atoms with Crippen molar-refractivity contribution in [3.8, 4) is 11.5 Å². The summed E-state index contributed by atoms with van der Waals surface area (Å²) in [6.45, 7) is 0. The van der Waals surface area contributed by atoms with Crippen molar-refractivity contribution in [1.82, 2.24) is 10.2 Å². The largest absolute Gasteiger partial charge is 0.434 e. The number of aromatic nitrogens is 2. The molecule has 0 atom stereocenters. The Balaban J connectivity index is 0.00000225. The van der Waals surface area contributed by atoms with Crippen molar-refractivity contribution >= 4 is 18.1 Å². The van der Waals surface area contributed by atoms with Crippen LogP contribution in [0.5, 0.6) is 0 Å². The van der Waals surface area contributed by atoms with Gasteiger partial charge in [0.2, 0.25) is 5.89 Å². The predicted molar refractivity (Wildman–Crippen MR) is 88.7 cm³/mol. The van der Waals surface area contributed by atoms with Crippen molar-refractivity contribution < 1.29 is 17.6 Å². The van der Waals surface area contributed by atoms with Gasteiger partial charge in [0.25, 0.3) is 0 Å². The van der Waals surface area contributed by atoms with Crippen molar-refractivity contribution in [2.24, 2.45) is 5.73 Å². The molecule has 1 saturated carbocycles. The molecule has 1 aliphatic rings. The first kappa shape index (κ1) is 19.3. The number of H-pyrrole nitrogens is 1. The Morgan fingerprint density at radius 1 is 1.24 bits per heavy atom. The fourth-order valence-electron chi connectivity index (χ4n) is 2.88. The highest BCUT2D eigenvalue weighted by atomic mass is 35.5. The van der Waals surface area contributed by atoms with Gasteiger partial charge in [0.05, 0.1) is 5.56 Å². The summed E-state index contributed by atoms with van der Waals surface area (Å²) >= 11 is 0. The first-order valence-electron chi connectivity index (χ1n) is 7.62. The van der Waals surface area contributed by atoms with Gasteiger partial charge in [-0.1, -0.05) is 0 Å². The molecule has 25 heavy (non-hydrogen) atoms. The molecular formula is C15H18ClF3N4O2. The van der Waals surface area contributed by atoms with Crippen LogP contribution in [0.3, 0.4) is 0 Å². The number of hydrogen-bond donors (Lipinski definition) is 3. The third kappa shape index (κ3) is 4.55.